The Balaban J connectivity index is 0.000000146. The molecule has 472 valence electrons. The van der Waals surface area contributed by atoms with E-state index in [1.807, 2.05) is 86.7 Å². The number of rotatable bonds is 5. The largest absolute Gasteiger partial charge is 0.216 e. The molecule has 5 heteroatoms. The highest BCUT2D eigenvalue weighted by Gasteiger charge is 2.28. The van der Waals surface area contributed by atoms with Crippen LogP contribution in [-0.2, 0) is 99.2 Å². The average molecular weight is 1250 g/mol. The van der Waals surface area contributed by atoms with Gasteiger partial charge in [0.15, 0.2) is 31.0 Å². The fraction of sp³-hybridized carbons (Fsp3) is 0.368. The Hall–Kier alpha value is -8.15. The molecular weight excluding hydrogens is 1110 g/mol. The minimum Gasteiger partial charge on any atom is -0.201 e. The minimum absolute atomic E-state index is 0.108. The van der Waals surface area contributed by atoms with E-state index in [2.05, 4.69) is 23.9 Å². The van der Waals surface area contributed by atoms with Gasteiger partial charge in [-0.15, -0.1) is 0 Å². The molecule has 0 unspecified atom stereocenters. The Morgan fingerprint density at radius 3 is 1.05 bits per heavy atom. The first kappa shape index (κ1) is 39.4. The molecular formula is C87H104N5+5. The molecule has 5 aliphatic carbocycles. The van der Waals surface area contributed by atoms with Crippen LogP contribution in [0.2, 0.25) is 0 Å². The Kier molecular flexibility index (Phi) is 12.3. The van der Waals surface area contributed by atoms with Gasteiger partial charge in [-0.1, -0.05) is 88.5 Å². The van der Waals surface area contributed by atoms with E-state index >= 15 is 0 Å². The van der Waals surface area contributed by atoms with Crippen molar-refractivity contribution in [2.24, 2.45) is 35.2 Å². The fourth-order valence-electron chi connectivity index (χ4n) is 13.5. The van der Waals surface area contributed by atoms with Crippen molar-refractivity contribution in [3.8, 4) is 56.3 Å². The Morgan fingerprint density at radius 1 is 0.283 bits per heavy atom. The lowest BCUT2D eigenvalue weighted by Crippen LogP contribution is -2.33. The lowest BCUT2D eigenvalue weighted by molar-refractivity contribution is -0.661. The third kappa shape index (κ3) is 14.5. The van der Waals surface area contributed by atoms with Crippen molar-refractivity contribution in [2.75, 3.05) is 0 Å². The summed E-state index contributed by atoms with van der Waals surface area (Å²) in [5, 5.41) is 0. The number of aryl methyl sites for hydroxylation is 22. The van der Waals surface area contributed by atoms with Crippen molar-refractivity contribution >= 4 is 0 Å². The maximum absolute atomic E-state index is 8.48. The van der Waals surface area contributed by atoms with Gasteiger partial charge in [0.1, 0.15) is 35.2 Å². The fourth-order valence-corrected chi connectivity index (χ4v) is 13.5. The lowest BCUT2D eigenvalue weighted by atomic mass is 9.87. The molecule has 0 amide bonds. The third-order valence-corrected chi connectivity index (χ3v) is 18.1. The molecule has 0 fully saturated rings. The summed E-state index contributed by atoms with van der Waals surface area (Å²) in [6.07, 6.45) is 7.31. The van der Waals surface area contributed by atoms with Gasteiger partial charge < -0.3 is 0 Å². The summed E-state index contributed by atoms with van der Waals surface area (Å²) < 4.78 is 222. The third-order valence-electron chi connectivity index (χ3n) is 18.1. The predicted molar refractivity (Wildman–Crippen MR) is 382 cm³/mol. The minimum atomic E-state index is -2.20. The van der Waals surface area contributed by atoms with Crippen LogP contribution in [0.1, 0.15) is 193 Å². The maximum Gasteiger partial charge on any atom is 0.216 e. The summed E-state index contributed by atoms with van der Waals surface area (Å²) in [6, 6.07) is 34.9. The molecule has 0 saturated carbocycles. The molecule has 15 rings (SSSR count). The highest BCUT2D eigenvalue weighted by molar-refractivity contribution is 5.69. The Morgan fingerprint density at radius 2 is 0.620 bits per heavy atom. The quantitative estimate of drug-likeness (QED) is 0.153. The monoisotopic (exact) mass is 1250 g/mol. The van der Waals surface area contributed by atoms with Gasteiger partial charge in [-0.05, 0) is 264 Å². The number of pyridine rings is 5. The zero-order valence-corrected chi connectivity index (χ0v) is 54.9. The highest BCUT2D eigenvalue weighted by Crippen LogP contribution is 2.36. The Bertz CT molecular complexity index is 5570. The number of hydrogen-bond donors (Lipinski definition) is 0. The van der Waals surface area contributed by atoms with Crippen LogP contribution in [0, 0.1) is 68.9 Å². The number of benzene rings is 5. The molecule has 0 atom stereocenters. The van der Waals surface area contributed by atoms with Gasteiger partial charge >= 0.3 is 0 Å². The van der Waals surface area contributed by atoms with Crippen LogP contribution in [0.3, 0.4) is 0 Å². The van der Waals surface area contributed by atoms with E-state index in [1.54, 1.807) is 128 Å². The predicted octanol–water partition coefficient (Wildman–Crippen LogP) is 17.2. The van der Waals surface area contributed by atoms with Gasteiger partial charge in [-0.25, -0.2) is 22.8 Å². The van der Waals surface area contributed by atoms with Gasteiger partial charge in [0.2, 0.25) is 28.5 Å². The first-order valence-corrected chi connectivity index (χ1v) is 32.0. The molecule has 0 aliphatic heterocycles. The van der Waals surface area contributed by atoms with E-state index in [0.717, 1.165) is 116 Å². The van der Waals surface area contributed by atoms with Gasteiger partial charge in [-0.3, -0.25) is 0 Å². The van der Waals surface area contributed by atoms with Crippen LogP contribution in [0.25, 0.3) is 56.3 Å². The van der Waals surface area contributed by atoms with E-state index in [9.17, 15) is 0 Å². The number of hydrogen-bond acceptors (Lipinski definition) is 0. The van der Waals surface area contributed by atoms with E-state index in [1.165, 1.54) is 29.3 Å². The summed E-state index contributed by atoms with van der Waals surface area (Å²) in [5.74, 6) is 0. The maximum atomic E-state index is 8.48. The van der Waals surface area contributed by atoms with Crippen LogP contribution in [0.15, 0.2) is 152 Å². The van der Waals surface area contributed by atoms with Crippen molar-refractivity contribution in [3.63, 3.8) is 0 Å². The van der Waals surface area contributed by atoms with Crippen molar-refractivity contribution in [3.05, 3.63) is 264 Å². The van der Waals surface area contributed by atoms with Gasteiger partial charge in [0.05, 0.1) is 0 Å². The van der Waals surface area contributed by atoms with Crippen molar-refractivity contribution < 1.29 is 59.8 Å². The SMILES string of the molecule is [2H]C([2H])([2H])c1ccc(-c2c3c(cc[n+]2C)C([2H])([2H])CC3([2H])[2H])c(C)c1.[2H]C([2H])([2H])c1ccc(-c2c3c(cc[n+]2C)C([2H])([2H])CCC3([2H])[2H])c(C)c1.[2H]C([2H])([2H])c1ccc(-c2c3c(cc[n+]2C)CCC3)c(C)c1.[2H]C([2H])([2H])c1ccc(-c2cc3c(c[n+]2C)CCC3([2H])[2H])c(C)c1.[2H]C([2H])([2H])c1ccc(-c2cc3c(c[n+]2C)CCCC3([2H])[2H])c(C)c1. The zero-order chi connectivity index (χ0) is 88.2. The molecule has 92 heavy (non-hydrogen) atoms. The molecule has 5 heterocycles. The van der Waals surface area contributed by atoms with Crippen LogP contribution in [0.4, 0.5) is 0 Å². The molecule has 0 saturated heterocycles. The summed E-state index contributed by atoms with van der Waals surface area (Å²) in [5.41, 5.74) is 22.5. The van der Waals surface area contributed by atoms with Crippen molar-refractivity contribution in [1.82, 2.24) is 0 Å². The Labute approximate surface area is 591 Å². The van der Waals surface area contributed by atoms with E-state index in [-0.39, 0.29) is 30.4 Å². The van der Waals surface area contributed by atoms with Crippen molar-refractivity contribution in [1.29, 1.82) is 0 Å². The number of nitrogens with zero attached hydrogens (tertiary/aromatic N) is 5. The summed E-state index contributed by atoms with van der Waals surface area (Å²) in [7, 11) is 9.55. The molecule has 0 radical (unpaired) electrons. The first-order chi connectivity index (χ1) is 54.8. The van der Waals surface area contributed by atoms with E-state index in [0.29, 0.717) is 68.7 Å². The second-order valence-electron chi connectivity index (χ2n) is 24.9. The molecule has 0 N–H and O–H groups in total. The second-order valence-corrected chi connectivity index (χ2v) is 24.9. The highest BCUT2D eigenvalue weighted by atomic mass is 14.9. The second kappa shape index (κ2) is 28.8. The van der Waals surface area contributed by atoms with Crippen LogP contribution >= 0.6 is 0 Å². The molecule has 0 spiro atoms. The standard InChI is InChI=1S/2C18H22N.3C17H20N/c1-13-8-9-17(14(2)10-13)18-11-15-6-4-5-7-16(15)12-19(18)3;1-13-8-9-16(14(2)12-13)18-17-7-5-4-6-15(17)10-11-19(18)3;1-12-7-8-16(13(2)9-12)17-10-14-5-4-6-15(14)11-18(17)3;2*1-12-7-8-15(13(2)11-12)17-16-6-4-5-14(16)9-10-18(17)3/h2*8-12H,4-7H2,1-3H3;3*7-11H,4-6H2,1-3H3/q5*+1/i1D3,6D2;1D3,6D2,7D2;1D3,5D2;1D3,5D2,6D2;1D3. The summed E-state index contributed by atoms with van der Waals surface area (Å²) in [6.45, 7) is -1.27. The molecule has 5 aromatic heterocycles. The van der Waals surface area contributed by atoms with Gasteiger partial charge in [0.25, 0.3) is 0 Å². The normalized spacial score (nSPS) is 22.3. The topological polar surface area (TPSA) is 19.4 Å². The first-order valence-electron chi connectivity index (χ1n) is 45.5. The van der Waals surface area contributed by atoms with Crippen molar-refractivity contribution in [2.45, 2.75) is 178 Å². The summed E-state index contributed by atoms with van der Waals surface area (Å²) in [4.78, 5) is 0. The lowest BCUT2D eigenvalue weighted by Gasteiger charge is -2.18. The van der Waals surface area contributed by atoms with Crippen LogP contribution < -0.4 is 22.8 Å². The molecule has 10 aromatic rings. The van der Waals surface area contributed by atoms with Crippen LogP contribution in [-0.4, -0.2) is 0 Å². The summed E-state index contributed by atoms with van der Waals surface area (Å²) >= 11 is 0. The molecule has 5 aliphatic rings. The smallest absolute Gasteiger partial charge is 0.201 e. The molecule has 5 nitrogen and oxygen atoms in total. The average Bonchev–Trinajstić information content (AvgIpc) is 1.67. The van der Waals surface area contributed by atoms with Gasteiger partial charge in [0, 0.05) is 123 Å². The molecule has 5 aromatic carbocycles. The van der Waals surface area contributed by atoms with Crippen LogP contribution in [0.5, 0.6) is 0 Å². The zero-order valence-electron chi connectivity index (χ0n) is 81.9. The molecule has 0 bridgehead atoms. The number of aromatic nitrogens is 5. The van der Waals surface area contributed by atoms with E-state index < -0.39 is 72.5 Å². The number of fused-ring (bicyclic) bond motifs is 5. The van der Waals surface area contributed by atoms with E-state index in [4.69, 9.17) is 37.0 Å². The van der Waals surface area contributed by atoms with Gasteiger partial charge in [-0.2, -0.15) is 0 Å².